The second kappa shape index (κ2) is 16.0. The lowest BCUT2D eigenvalue weighted by atomic mass is 10.2. The van der Waals surface area contributed by atoms with E-state index in [1.165, 1.54) is 6.08 Å². The molecule has 0 bridgehead atoms. The summed E-state index contributed by atoms with van der Waals surface area (Å²) < 4.78 is 17.2. The Morgan fingerprint density at radius 3 is 2.15 bits per heavy atom. The first-order valence-corrected chi connectivity index (χ1v) is 12.5. The van der Waals surface area contributed by atoms with Crippen LogP contribution in [0.25, 0.3) is 0 Å². The molecule has 0 saturated carbocycles. The highest BCUT2D eigenvalue weighted by molar-refractivity contribution is 6.55. The Morgan fingerprint density at radius 2 is 1.53 bits per heavy atom. The molecule has 0 saturated heterocycles. The van der Waals surface area contributed by atoms with Gasteiger partial charge in [0, 0.05) is 12.1 Å². The van der Waals surface area contributed by atoms with Gasteiger partial charge in [0.05, 0.1) is 29.5 Å². The Kier molecular flexibility index (Phi) is 13.4. The predicted molar refractivity (Wildman–Crippen MR) is 141 cm³/mol. The topological polar surface area (TPSA) is 49.3 Å². The van der Waals surface area contributed by atoms with Crippen molar-refractivity contribution in [1.29, 1.82) is 0 Å². The third kappa shape index (κ3) is 11.6. The Labute approximate surface area is 221 Å². The first-order chi connectivity index (χ1) is 16.3. The van der Waals surface area contributed by atoms with Gasteiger partial charge >= 0.3 is 0 Å². The largest absolute Gasteiger partial charge is 0.494 e. The van der Waals surface area contributed by atoms with E-state index >= 15 is 0 Å². The molecular formula is C25H29Cl4NO4. The SMILES string of the molecule is CC(C)CO/N=C/c1ccc(OCCCCCOc2c(Cl)cc(OCC=C(Cl)Cl)cc2Cl)cc1. The van der Waals surface area contributed by atoms with E-state index in [0.717, 1.165) is 30.6 Å². The van der Waals surface area contributed by atoms with Crippen LogP contribution in [-0.4, -0.2) is 32.6 Å². The third-order valence-corrected chi connectivity index (χ3v) is 5.20. The Hall–Kier alpha value is -1.79. The van der Waals surface area contributed by atoms with Gasteiger partial charge in [0.25, 0.3) is 0 Å². The van der Waals surface area contributed by atoms with Gasteiger partial charge in [-0.1, -0.05) is 65.4 Å². The van der Waals surface area contributed by atoms with Crippen molar-refractivity contribution in [2.45, 2.75) is 33.1 Å². The summed E-state index contributed by atoms with van der Waals surface area (Å²) in [5.41, 5.74) is 0.960. The summed E-state index contributed by atoms with van der Waals surface area (Å²) in [5, 5.41) is 4.72. The lowest BCUT2D eigenvalue weighted by Gasteiger charge is -2.12. The second-order valence-corrected chi connectivity index (χ2v) is 9.59. The Balaban J connectivity index is 1.63. The smallest absolute Gasteiger partial charge is 0.156 e. The molecule has 0 unspecified atom stereocenters. The molecular weight excluding hydrogens is 520 g/mol. The van der Waals surface area contributed by atoms with Crippen LogP contribution in [0.1, 0.15) is 38.7 Å². The fourth-order valence-corrected chi connectivity index (χ4v) is 3.35. The molecule has 0 amide bonds. The summed E-state index contributed by atoms with van der Waals surface area (Å²) in [5.74, 6) is 2.22. The van der Waals surface area contributed by atoms with Crippen molar-refractivity contribution < 1.29 is 19.0 Å². The van der Waals surface area contributed by atoms with Gasteiger partial charge < -0.3 is 19.0 Å². The minimum atomic E-state index is 0.133. The zero-order chi connectivity index (χ0) is 24.8. The average Bonchev–Trinajstić information content (AvgIpc) is 2.78. The van der Waals surface area contributed by atoms with Crippen molar-refractivity contribution in [3.8, 4) is 17.2 Å². The molecule has 0 aromatic heterocycles. The summed E-state index contributed by atoms with van der Waals surface area (Å²) in [7, 11) is 0. The average molecular weight is 549 g/mol. The highest BCUT2D eigenvalue weighted by Gasteiger charge is 2.10. The molecule has 2 aromatic carbocycles. The first-order valence-electron chi connectivity index (χ1n) is 11.0. The monoisotopic (exact) mass is 547 g/mol. The molecule has 186 valence electrons. The summed E-state index contributed by atoms with van der Waals surface area (Å²) >= 11 is 23.7. The molecule has 0 aliphatic carbocycles. The van der Waals surface area contributed by atoms with E-state index in [4.69, 9.17) is 65.5 Å². The summed E-state index contributed by atoms with van der Waals surface area (Å²) in [6.45, 7) is 6.10. The Morgan fingerprint density at radius 1 is 0.882 bits per heavy atom. The number of halogens is 4. The molecule has 0 atom stereocenters. The molecule has 0 fully saturated rings. The Bertz CT molecular complexity index is 906. The van der Waals surface area contributed by atoms with Crippen LogP contribution in [0.2, 0.25) is 10.0 Å². The van der Waals surface area contributed by atoms with Crippen LogP contribution in [0.15, 0.2) is 52.1 Å². The zero-order valence-corrected chi connectivity index (χ0v) is 22.3. The maximum atomic E-state index is 6.27. The van der Waals surface area contributed by atoms with Gasteiger partial charge in [-0.05, 0) is 61.1 Å². The van der Waals surface area contributed by atoms with Gasteiger partial charge in [0.2, 0.25) is 0 Å². The lowest BCUT2D eigenvalue weighted by Crippen LogP contribution is -2.02. The van der Waals surface area contributed by atoms with Crippen LogP contribution < -0.4 is 14.2 Å². The summed E-state index contributed by atoms with van der Waals surface area (Å²) in [4.78, 5) is 5.21. The van der Waals surface area contributed by atoms with Gasteiger partial charge in [-0.3, -0.25) is 0 Å². The molecule has 9 heteroatoms. The number of ether oxygens (including phenoxy) is 3. The van der Waals surface area contributed by atoms with Gasteiger partial charge in [0.15, 0.2) is 5.75 Å². The highest BCUT2D eigenvalue weighted by Crippen LogP contribution is 2.37. The molecule has 0 aliphatic heterocycles. The summed E-state index contributed by atoms with van der Waals surface area (Å²) in [6.07, 6.45) is 5.91. The van der Waals surface area contributed by atoms with E-state index in [9.17, 15) is 0 Å². The van der Waals surface area contributed by atoms with E-state index < -0.39 is 0 Å². The van der Waals surface area contributed by atoms with Gasteiger partial charge in [-0.25, -0.2) is 0 Å². The molecule has 2 rings (SSSR count). The van der Waals surface area contributed by atoms with Crippen LogP contribution in [0, 0.1) is 5.92 Å². The fourth-order valence-electron chi connectivity index (χ4n) is 2.64. The van der Waals surface area contributed by atoms with Crippen LogP contribution >= 0.6 is 46.4 Å². The molecule has 0 N–H and O–H groups in total. The van der Waals surface area contributed by atoms with E-state index in [1.54, 1.807) is 18.3 Å². The maximum Gasteiger partial charge on any atom is 0.156 e. The van der Waals surface area contributed by atoms with Crippen LogP contribution in [0.4, 0.5) is 0 Å². The minimum Gasteiger partial charge on any atom is -0.494 e. The van der Waals surface area contributed by atoms with Crippen molar-refractivity contribution in [2.75, 3.05) is 26.4 Å². The van der Waals surface area contributed by atoms with Gasteiger partial charge in [-0.15, -0.1) is 0 Å². The van der Waals surface area contributed by atoms with E-state index in [0.29, 0.717) is 47.3 Å². The van der Waals surface area contributed by atoms with Crippen LogP contribution in [0.3, 0.4) is 0 Å². The molecule has 2 aromatic rings. The van der Waals surface area contributed by atoms with Crippen molar-refractivity contribution >= 4 is 52.6 Å². The van der Waals surface area contributed by atoms with Gasteiger partial charge in [0.1, 0.15) is 29.2 Å². The number of hydrogen-bond donors (Lipinski definition) is 0. The number of oxime groups is 1. The molecule has 0 heterocycles. The van der Waals surface area contributed by atoms with Gasteiger partial charge in [-0.2, -0.15) is 0 Å². The van der Waals surface area contributed by atoms with Crippen molar-refractivity contribution in [1.82, 2.24) is 0 Å². The number of unbranched alkanes of at least 4 members (excludes halogenated alkanes) is 2. The van der Waals surface area contributed by atoms with Crippen molar-refractivity contribution in [3.63, 3.8) is 0 Å². The molecule has 0 aliphatic rings. The number of nitrogens with zero attached hydrogens (tertiary/aromatic N) is 1. The van der Waals surface area contributed by atoms with Crippen LogP contribution in [-0.2, 0) is 4.84 Å². The normalized spacial score (nSPS) is 11.0. The number of hydrogen-bond acceptors (Lipinski definition) is 5. The second-order valence-electron chi connectivity index (χ2n) is 7.77. The standard InChI is InChI=1S/C25H29Cl4NO4/c1-18(2)17-34-30-16-19-6-8-20(9-7-19)31-11-4-3-5-12-33-25-22(26)14-21(15-23(25)27)32-13-10-24(28)29/h6-10,14-16,18H,3-5,11-13,17H2,1-2H3/b30-16+. The highest BCUT2D eigenvalue weighted by atomic mass is 35.5. The summed E-state index contributed by atoms with van der Waals surface area (Å²) in [6, 6.07) is 11.0. The zero-order valence-electron chi connectivity index (χ0n) is 19.2. The third-order valence-electron chi connectivity index (χ3n) is 4.33. The number of rotatable bonds is 15. The molecule has 0 spiro atoms. The predicted octanol–water partition coefficient (Wildman–Crippen LogP) is 8.33. The van der Waals surface area contributed by atoms with Crippen molar-refractivity contribution in [2.24, 2.45) is 11.1 Å². The maximum absolute atomic E-state index is 6.27. The molecule has 5 nitrogen and oxygen atoms in total. The van der Waals surface area contributed by atoms with E-state index in [1.807, 2.05) is 24.3 Å². The molecule has 0 radical (unpaired) electrons. The van der Waals surface area contributed by atoms with Crippen molar-refractivity contribution in [3.05, 3.63) is 62.6 Å². The first kappa shape index (κ1) is 28.4. The minimum absolute atomic E-state index is 0.133. The fraction of sp³-hybridized carbons (Fsp3) is 0.400. The van der Waals surface area contributed by atoms with E-state index in [-0.39, 0.29) is 11.1 Å². The van der Waals surface area contributed by atoms with E-state index in [2.05, 4.69) is 19.0 Å². The number of benzene rings is 2. The quantitative estimate of drug-likeness (QED) is 0.127. The lowest BCUT2D eigenvalue weighted by molar-refractivity contribution is 0.120. The van der Waals surface area contributed by atoms with Crippen LogP contribution in [0.5, 0.6) is 17.2 Å². The molecule has 34 heavy (non-hydrogen) atoms.